The SMILES string of the molecule is CC#CCN(NC(=O)O)C(N)=O. The summed E-state index contributed by atoms with van der Waals surface area (Å²) < 4.78 is 0. The lowest BCUT2D eigenvalue weighted by atomic mass is 10.6. The van der Waals surface area contributed by atoms with Crippen LogP contribution < -0.4 is 11.2 Å². The molecule has 0 fully saturated rings. The zero-order valence-electron chi connectivity index (χ0n) is 6.50. The fraction of sp³-hybridized carbons (Fsp3) is 0.333. The van der Waals surface area contributed by atoms with Crippen LogP contribution in [0.3, 0.4) is 0 Å². The van der Waals surface area contributed by atoms with Gasteiger partial charge in [-0.15, -0.1) is 5.92 Å². The van der Waals surface area contributed by atoms with Crippen LogP contribution >= 0.6 is 0 Å². The van der Waals surface area contributed by atoms with Gasteiger partial charge in [0.15, 0.2) is 0 Å². The molecule has 0 saturated heterocycles. The number of urea groups is 1. The molecule has 3 amide bonds. The van der Waals surface area contributed by atoms with E-state index >= 15 is 0 Å². The van der Waals surface area contributed by atoms with Gasteiger partial charge >= 0.3 is 12.1 Å². The lowest BCUT2D eigenvalue weighted by molar-refractivity contribution is 0.152. The number of nitrogens with zero attached hydrogens (tertiary/aromatic N) is 1. The first-order valence-electron chi connectivity index (χ1n) is 3.04. The van der Waals surface area contributed by atoms with E-state index in [2.05, 4.69) is 11.8 Å². The Kier molecular flexibility index (Phi) is 4.08. The summed E-state index contributed by atoms with van der Waals surface area (Å²) in [6.45, 7) is 1.51. The average Bonchev–Trinajstić information content (AvgIpc) is 1.96. The fourth-order valence-corrected chi connectivity index (χ4v) is 0.446. The lowest BCUT2D eigenvalue weighted by Crippen LogP contribution is -2.48. The molecule has 0 aliphatic heterocycles. The number of hydrogen-bond acceptors (Lipinski definition) is 2. The van der Waals surface area contributed by atoms with Crippen LogP contribution in [0.15, 0.2) is 0 Å². The van der Waals surface area contributed by atoms with Crippen molar-refractivity contribution in [3.05, 3.63) is 0 Å². The second kappa shape index (κ2) is 4.85. The Morgan fingerprint density at radius 3 is 2.58 bits per heavy atom. The van der Waals surface area contributed by atoms with E-state index in [-0.39, 0.29) is 6.54 Å². The first-order valence-corrected chi connectivity index (χ1v) is 3.04. The van der Waals surface area contributed by atoms with E-state index in [1.165, 1.54) is 0 Å². The Morgan fingerprint density at radius 2 is 2.25 bits per heavy atom. The molecule has 0 aromatic carbocycles. The predicted octanol–water partition coefficient (Wildman–Crippen LogP) is -0.427. The standard InChI is InChI=1S/C6H9N3O3/c1-2-3-4-9(5(7)10)8-6(11)12/h8H,4H2,1H3,(H2,7,10)(H,11,12). The largest absolute Gasteiger partial charge is 0.464 e. The van der Waals surface area contributed by atoms with Crippen molar-refractivity contribution in [3.63, 3.8) is 0 Å². The lowest BCUT2D eigenvalue weighted by Gasteiger charge is -2.15. The molecule has 0 saturated carbocycles. The molecular formula is C6H9N3O3. The third-order valence-electron chi connectivity index (χ3n) is 0.911. The van der Waals surface area contributed by atoms with Gasteiger partial charge in [0, 0.05) is 0 Å². The van der Waals surface area contributed by atoms with E-state index in [4.69, 9.17) is 10.8 Å². The molecule has 66 valence electrons. The third kappa shape index (κ3) is 4.00. The summed E-state index contributed by atoms with van der Waals surface area (Å²) in [6.07, 6.45) is -1.35. The minimum Gasteiger partial charge on any atom is -0.464 e. The Labute approximate surface area is 69.3 Å². The van der Waals surface area contributed by atoms with Crippen molar-refractivity contribution < 1.29 is 14.7 Å². The van der Waals surface area contributed by atoms with Crippen molar-refractivity contribution in [2.24, 2.45) is 5.73 Å². The number of nitrogens with two attached hydrogens (primary N) is 1. The van der Waals surface area contributed by atoms with Crippen LogP contribution in [0.2, 0.25) is 0 Å². The zero-order chi connectivity index (χ0) is 9.56. The van der Waals surface area contributed by atoms with Gasteiger partial charge in [-0.3, -0.25) is 0 Å². The van der Waals surface area contributed by atoms with E-state index in [0.29, 0.717) is 5.01 Å². The van der Waals surface area contributed by atoms with Gasteiger partial charge < -0.3 is 10.8 Å². The number of primary amides is 1. The highest BCUT2D eigenvalue weighted by Gasteiger charge is 2.09. The quantitative estimate of drug-likeness (QED) is 0.369. The molecule has 0 aliphatic rings. The van der Waals surface area contributed by atoms with Gasteiger partial charge in [-0.1, -0.05) is 5.92 Å². The van der Waals surface area contributed by atoms with Crippen molar-refractivity contribution >= 4 is 12.1 Å². The highest BCUT2D eigenvalue weighted by molar-refractivity contribution is 5.75. The molecule has 6 nitrogen and oxygen atoms in total. The molecule has 4 N–H and O–H groups in total. The molecule has 0 atom stereocenters. The monoisotopic (exact) mass is 171 g/mol. The minimum absolute atomic E-state index is 0.0574. The van der Waals surface area contributed by atoms with E-state index in [1.54, 1.807) is 12.3 Å². The normalized spacial score (nSPS) is 7.75. The van der Waals surface area contributed by atoms with Crippen LogP contribution in [0.4, 0.5) is 9.59 Å². The number of nitrogens with one attached hydrogen (secondary N) is 1. The van der Waals surface area contributed by atoms with Crippen LogP contribution in [0.5, 0.6) is 0 Å². The molecule has 0 aromatic heterocycles. The zero-order valence-corrected chi connectivity index (χ0v) is 6.50. The van der Waals surface area contributed by atoms with Gasteiger partial charge in [-0.05, 0) is 6.92 Å². The van der Waals surface area contributed by atoms with Crippen molar-refractivity contribution in [2.75, 3.05) is 6.54 Å². The molecule has 12 heavy (non-hydrogen) atoms. The van der Waals surface area contributed by atoms with Crippen LogP contribution in [0.25, 0.3) is 0 Å². The van der Waals surface area contributed by atoms with E-state index < -0.39 is 12.1 Å². The Bertz CT molecular complexity index is 240. The molecule has 0 unspecified atom stereocenters. The van der Waals surface area contributed by atoms with Gasteiger partial charge in [0.05, 0.1) is 0 Å². The third-order valence-corrected chi connectivity index (χ3v) is 0.911. The average molecular weight is 171 g/mol. The van der Waals surface area contributed by atoms with Crippen molar-refractivity contribution in [1.82, 2.24) is 10.4 Å². The van der Waals surface area contributed by atoms with E-state index in [0.717, 1.165) is 0 Å². The Balaban J connectivity index is 4.10. The van der Waals surface area contributed by atoms with Crippen molar-refractivity contribution in [2.45, 2.75) is 6.92 Å². The summed E-state index contributed by atoms with van der Waals surface area (Å²) in [5.41, 5.74) is 6.61. The molecular weight excluding hydrogens is 162 g/mol. The van der Waals surface area contributed by atoms with E-state index in [1.807, 2.05) is 0 Å². The maximum Gasteiger partial charge on any atom is 0.423 e. The summed E-state index contributed by atoms with van der Waals surface area (Å²) >= 11 is 0. The number of rotatable bonds is 1. The molecule has 0 aliphatic carbocycles. The summed E-state index contributed by atoms with van der Waals surface area (Å²) in [5, 5.41) is 8.92. The molecule has 0 heterocycles. The molecule has 0 radical (unpaired) electrons. The highest BCUT2D eigenvalue weighted by Crippen LogP contribution is 1.79. The fourth-order valence-electron chi connectivity index (χ4n) is 0.446. The summed E-state index contributed by atoms with van der Waals surface area (Å²) in [7, 11) is 0. The number of hydrazine groups is 1. The smallest absolute Gasteiger partial charge is 0.423 e. The van der Waals surface area contributed by atoms with Gasteiger partial charge in [0.25, 0.3) is 0 Å². The maximum atomic E-state index is 10.5. The Morgan fingerprint density at radius 1 is 1.67 bits per heavy atom. The van der Waals surface area contributed by atoms with Gasteiger partial charge in [-0.25, -0.2) is 20.0 Å². The first-order chi connectivity index (χ1) is 5.57. The van der Waals surface area contributed by atoms with Gasteiger partial charge in [0.2, 0.25) is 0 Å². The molecule has 0 bridgehead atoms. The first kappa shape index (κ1) is 10.1. The number of carbonyl (C=O) groups is 2. The highest BCUT2D eigenvalue weighted by atomic mass is 16.4. The predicted molar refractivity (Wildman–Crippen MR) is 40.9 cm³/mol. The summed E-state index contributed by atoms with van der Waals surface area (Å²) in [4.78, 5) is 20.6. The second-order valence-electron chi connectivity index (χ2n) is 1.77. The van der Waals surface area contributed by atoms with Crippen LogP contribution in [-0.4, -0.2) is 28.8 Å². The Hall–Kier alpha value is -1.90. The van der Waals surface area contributed by atoms with Crippen LogP contribution in [0.1, 0.15) is 6.92 Å². The minimum atomic E-state index is -1.35. The number of carboxylic acid groups (broad SMARTS) is 1. The topological polar surface area (TPSA) is 95.7 Å². The maximum absolute atomic E-state index is 10.5. The molecule has 0 rings (SSSR count). The van der Waals surface area contributed by atoms with Crippen LogP contribution in [-0.2, 0) is 0 Å². The van der Waals surface area contributed by atoms with Gasteiger partial charge in [0.1, 0.15) is 6.54 Å². The molecule has 0 aromatic rings. The summed E-state index contributed by atoms with van der Waals surface area (Å²) in [6, 6.07) is -0.889. The number of amides is 3. The van der Waals surface area contributed by atoms with Gasteiger partial charge in [-0.2, -0.15) is 0 Å². The van der Waals surface area contributed by atoms with Crippen molar-refractivity contribution in [1.29, 1.82) is 0 Å². The number of hydrogen-bond donors (Lipinski definition) is 3. The summed E-state index contributed by atoms with van der Waals surface area (Å²) in [5.74, 6) is 4.98. The van der Waals surface area contributed by atoms with Crippen molar-refractivity contribution in [3.8, 4) is 11.8 Å². The molecule has 6 heteroatoms. The number of carbonyl (C=O) groups excluding carboxylic acids is 1. The van der Waals surface area contributed by atoms with E-state index in [9.17, 15) is 9.59 Å². The van der Waals surface area contributed by atoms with Crippen LogP contribution in [0, 0.1) is 11.8 Å². The molecule has 0 spiro atoms. The second-order valence-corrected chi connectivity index (χ2v) is 1.77.